The number of phenols is 1. The first kappa shape index (κ1) is 21.8. The Balaban J connectivity index is 0.000000177. The monoisotopic (exact) mass is 450 g/mol. The van der Waals surface area contributed by atoms with Gasteiger partial charge in [-0.3, -0.25) is 4.79 Å². The van der Waals surface area contributed by atoms with Crippen LogP contribution in [-0.4, -0.2) is 60.0 Å². The predicted molar refractivity (Wildman–Crippen MR) is 125 cm³/mol. The van der Waals surface area contributed by atoms with Gasteiger partial charge in [0.2, 0.25) is 5.91 Å². The molecule has 33 heavy (non-hydrogen) atoms. The Morgan fingerprint density at radius 1 is 1.21 bits per heavy atom. The molecule has 4 aliphatic rings. The number of piperidine rings is 1. The number of aliphatic hydroxyl groups is 1. The average molecular weight is 451 g/mol. The number of methoxy groups -OCH3 is 1. The quantitative estimate of drug-likeness (QED) is 0.482. The van der Waals surface area contributed by atoms with Gasteiger partial charge in [0.1, 0.15) is 18.0 Å². The number of phenolic OH excluding ortho intramolecular Hbond substituents is 1. The maximum absolute atomic E-state index is 10.6. The highest BCUT2D eigenvalue weighted by molar-refractivity contribution is 5.88. The minimum atomic E-state index is -0.539. The summed E-state index contributed by atoms with van der Waals surface area (Å²) in [6, 6.07) is 11.0. The number of anilines is 1. The summed E-state index contributed by atoms with van der Waals surface area (Å²) in [5.41, 5.74) is 3.29. The first-order chi connectivity index (χ1) is 15.8. The third-order valence-corrected chi connectivity index (χ3v) is 7.54. The lowest BCUT2D eigenvalue weighted by molar-refractivity contribution is -0.114. The van der Waals surface area contributed by atoms with E-state index >= 15 is 0 Å². The number of ether oxygens (including phenoxy) is 2. The molecular formula is C26H30N2O5. The molecule has 2 aromatic carbocycles. The van der Waals surface area contributed by atoms with Gasteiger partial charge in [-0.2, -0.15) is 0 Å². The Morgan fingerprint density at radius 3 is 2.67 bits per heavy atom. The Kier molecular flexibility index (Phi) is 5.34. The van der Waals surface area contributed by atoms with Crippen molar-refractivity contribution < 1.29 is 24.5 Å². The average Bonchev–Trinajstić information content (AvgIpc) is 3.15. The van der Waals surface area contributed by atoms with E-state index in [1.165, 1.54) is 30.2 Å². The number of likely N-dealkylation sites (tertiary alicyclic amines) is 1. The van der Waals surface area contributed by atoms with Gasteiger partial charge in [0.05, 0.1) is 7.11 Å². The fourth-order valence-corrected chi connectivity index (χ4v) is 6.14. The number of likely N-dealkylation sites (N-methyl/N-ethyl adjacent to an activating group) is 1. The van der Waals surface area contributed by atoms with Gasteiger partial charge >= 0.3 is 0 Å². The van der Waals surface area contributed by atoms with Gasteiger partial charge in [-0.25, -0.2) is 0 Å². The number of nitrogens with one attached hydrogen (secondary N) is 1. The minimum Gasteiger partial charge on any atom is -0.508 e. The number of carbonyl (C=O) groups is 1. The van der Waals surface area contributed by atoms with E-state index in [-0.39, 0.29) is 23.2 Å². The van der Waals surface area contributed by atoms with Gasteiger partial charge in [-0.1, -0.05) is 18.2 Å². The molecule has 0 saturated carbocycles. The molecule has 6 rings (SSSR count). The molecule has 174 valence electrons. The molecule has 7 heteroatoms. The zero-order valence-electron chi connectivity index (χ0n) is 19.1. The van der Waals surface area contributed by atoms with Crippen LogP contribution in [0.1, 0.15) is 24.5 Å². The molecule has 2 heterocycles. The van der Waals surface area contributed by atoms with Crippen LogP contribution in [-0.2, 0) is 16.6 Å². The summed E-state index contributed by atoms with van der Waals surface area (Å²) >= 11 is 0. The molecule has 0 radical (unpaired) electrons. The normalized spacial score (nSPS) is 30.4. The van der Waals surface area contributed by atoms with Crippen molar-refractivity contribution in [1.82, 2.24) is 4.90 Å². The largest absolute Gasteiger partial charge is 0.508 e. The first-order valence-corrected chi connectivity index (χ1v) is 11.4. The number of nitrogens with zero attached hydrogens (tertiary/aromatic N) is 1. The molecule has 5 atom stereocenters. The highest BCUT2D eigenvalue weighted by atomic mass is 16.5. The molecule has 2 bridgehead atoms. The summed E-state index contributed by atoms with van der Waals surface area (Å²) in [6.45, 7) is 2.49. The van der Waals surface area contributed by atoms with Gasteiger partial charge in [-0.05, 0) is 62.3 Å². The van der Waals surface area contributed by atoms with Crippen LogP contribution < -0.4 is 14.8 Å². The third-order valence-electron chi connectivity index (χ3n) is 7.54. The smallest absolute Gasteiger partial charge is 0.221 e. The van der Waals surface area contributed by atoms with E-state index in [4.69, 9.17) is 14.6 Å². The van der Waals surface area contributed by atoms with Crippen molar-refractivity contribution in [2.24, 2.45) is 5.92 Å². The second-order valence-electron chi connectivity index (χ2n) is 9.34. The van der Waals surface area contributed by atoms with Crippen LogP contribution in [0.3, 0.4) is 0 Å². The molecule has 7 nitrogen and oxygen atoms in total. The van der Waals surface area contributed by atoms with E-state index in [2.05, 4.69) is 29.4 Å². The zero-order chi connectivity index (χ0) is 23.3. The summed E-state index contributed by atoms with van der Waals surface area (Å²) in [5.74, 6) is 2.17. The third kappa shape index (κ3) is 3.38. The number of benzene rings is 2. The fourth-order valence-electron chi connectivity index (χ4n) is 6.14. The summed E-state index contributed by atoms with van der Waals surface area (Å²) in [4.78, 5) is 13.0. The van der Waals surface area contributed by atoms with Crippen LogP contribution in [0.5, 0.6) is 17.2 Å². The van der Waals surface area contributed by atoms with Crippen molar-refractivity contribution in [2.75, 3.05) is 26.0 Å². The SMILES string of the molecule is CC(=O)Nc1ccc(O)cc1.COc1ccc2c3c1O[C@H]1[C@@H](O)C=C[C@H]4[C@@H](C2)N(C)CC[C@@]341. The number of hydrogen-bond donors (Lipinski definition) is 3. The van der Waals surface area contributed by atoms with Crippen molar-refractivity contribution in [1.29, 1.82) is 0 Å². The summed E-state index contributed by atoms with van der Waals surface area (Å²) in [5, 5.41) is 22.0. The Labute approximate surface area is 193 Å². The molecular weight excluding hydrogens is 420 g/mol. The maximum atomic E-state index is 10.6. The van der Waals surface area contributed by atoms with Crippen LogP contribution in [0.2, 0.25) is 0 Å². The fraction of sp³-hybridized carbons (Fsp3) is 0.423. The van der Waals surface area contributed by atoms with Crippen LogP contribution in [0.15, 0.2) is 48.6 Å². The van der Waals surface area contributed by atoms with Gasteiger partial charge in [0.25, 0.3) is 0 Å². The van der Waals surface area contributed by atoms with Crippen molar-refractivity contribution in [3.05, 3.63) is 59.7 Å². The molecule has 1 spiro atoms. The molecule has 2 aromatic rings. The molecule has 1 fully saturated rings. The van der Waals surface area contributed by atoms with Gasteiger partial charge in [0, 0.05) is 35.5 Å². The molecule has 0 unspecified atom stereocenters. The molecule has 1 saturated heterocycles. The number of rotatable bonds is 2. The Bertz CT molecular complexity index is 1100. The number of amides is 1. The summed E-state index contributed by atoms with van der Waals surface area (Å²) < 4.78 is 11.8. The zero-order valence-corrected chi connectivity index (χ0v) is 19.1. The molecule has 2 aliphatic heterocycles. The predicted octanol–water partition coefficient (Wildman–Crippen LogP) is 2.85. The van der Waals surface area contributed by atoms with Gasteiger partial charge < -0.3 is 29.9 Å². The molecule has 3 N–H and O–H groups in total. The lowest BCUT2D eigenvalue weighted by atomic mass is 9.53. The number of aromatic hydroxyl groups is 1. The van der Waals surface area contributed by atoms with Crippen LogP contribution in [0.4, 0.5) is 5.69 Å². The van der Waals surface area contributed by atoms with E-state index in [9.17, 15) is 9.90 Å². The van der Waals surface area contributed by atoms with Crippen LogP contribution >= 0.6 is 0 Å². The highest BCUT2D eigenvalue weighted by Crippen LogP contribution is 2.62. The van der Waals surface area contributed by atoms with Crippen LogP contribution in [0.25, 0.3) is 0 Å². The van der Waals surface area contributed by atoms with Crippen LogP contribution in [0, 0.1) is 5.92 Å². The van der Waals surface area contributed by atoms with E-state index in [1.807, 2.05) is 12.1 Å². The molecule has 2 aliphatic carbocycles. The Hall–Kier alpha value is -3.03. The number of aliphatic hydroxyl groups excluding tert-OH is 1. The minimum absolute atomic E-state index is 0.0806. The summed E-state index contributed by atoms with van der Waals surface area (Å²) in [7, 11) is 3.91. The van der Waals surface area contributed by atoms with Gasteiger partial charge in [-0.15, -0.1) is 0 Å². The van der Waals surface area contributed by atoms with E-state index in [0.29, 0.717) is 17.6 Å². The van der Waals surface area contributed by atoms with Crippen molar-refractivity contribution in [3.63, 3.8) is 0 Å². The van der Waals surface area contributed by atoms with Crippen molar-refractivity contribution in [2.45, 2.75) is 43.4 Å². The van der Waals surface area contributed by atoms with E-state index in [1.54, 1.807) is 19.2 Å². The topological polar surface area (TPSA) is 91.3 Å². The summed E-state index contributed by atoms with van der Waals surface area (Å²) in [6.07, 6.45) is 5.54. The van der Waals surface area contributed by atoms with E-state index < -0.39 is 6.10 Å². The Morgan fingerprint density at radius 2 is 1.97 bits per heavy atom. The molecule has 1 amide bonds. The second kappa shape index (κ2) is 8.08. The lowest BCUT2D eigenvalue weighted by Crippen LogP contribution is -2.64. The van der Waals surface area contributed by atoms with Crippen molar-refractivity contribution in [3.8, 4) is 17.2 Å². The number of hydrogen-bond acceptors (Lipinski definition) is 6. The van der Waals surface area contributed by atoms with Crippen molar-refractivity contribution >= 4 is 11.6 Å². The second-order valence-corrected chi connectivity index (χ2v) is 9.34. The first-order valence-electron chi connectivity index (χ1n) is 11.4. The standard InChI is InChI=1S/C18H21NO3.C8H9NO2/c1-19-8-7-18-11-4-5-13(20)17(18)22-16-14(21-2)6-3-10(15(16)18)9-12(11)19;1-6(10)9-7-2-4-8(11)5-3-7/h3-6,11-13,17,20H,7-9H2,1-2H3;2-5,11H,1H3,(H,9,10)/t11-,12+,13-,17-,18-;/m0./s1. The molecule has 0 aromatic heterocycles. The maximum Gasteiger partial charge on any atom is 0.221 e. The lowest BCUT2D eigenvalue weighted by Gasteiger charge is -2.56. The number of carbonyl (C=O) groups excluding carboxylic acids is 1. The van der Waals surface area contributed by atoms with E-state index in [0.717, 1.165) is 30.9 Å². The highest BCUT2D eigenvalue weighted by Gasteiger charge is 2.64. The van der Waals surface area contributed by atoms with Gasteiger partial charge in [0.15, 0.2) is 11.5 Å².